The van der Waals surface area contributed by atoms with Gasteiger partial charge in [0, 0.05) is 12.6 Å². The summed E-state index contributed by atoms with van der Waals surface area (Å²) < 4.78 is 3.23. The Bertz CT molecular complexity index is 1220. The van der Waals surface area contributed by atoms with Crippen LogP contribution in [0.15, 0.2) is 65.6 Å². The van der Waals surface area contributed by atoms with E-state index in [0.29, 0.717) is 29.0 Å². The molecule has 1 aromatic carbocycles. The highest BCUT2D eigenvalue weighted by Crippen LogP contribution is 2.14. The van der Waals surface area contributed by atoms with Crippen LogP contribution in [0.1, 0.15) is 11.1 Å². The number of nitrogen functional groups attached to an aromatic ring is 1. The van der Waals surface area contributed by atoms with Gasteiger partial charge in [-0.25, -0.2) is 4.57 Å². The molecule has 4 aromatic rings. The molecular weight excluding hydrogens is 326 g/mol. The van der Waals surface area contributed by atoms with Crippen molar-refractivity contribution >= 4 is 22.5 Å². The van der Waals surface area contributed by atoms with E-state index in [1.165, 1.54) is 10.5 Å². The maximum absolute atomic E-state index is 12.9. The van der Waals surface area contributed by atoms with Crippen LogP contribution in [0.4, 0.5) is 5.82 Å². The van der Waals surface area contributed by atoms with Gasteiger partial charge in [-0.15, -0.1) is 0 Å². The van der Waals surface area contributed by atoms with Crippen LogP contribution in [0.25, 0.3) is 16.7 Å². The number of aryl methyl sites for hydroxylation is 2. The van der Waals surface area contributed by atoms with E-state index in [1.807, 2.05) is 36.4 Å². The Morgan fingerprint density at radius 1 is 1.15 bits per heavy atom. The first-order chi connectivity index (χ1) is 12.7. The average molecular weight is 342 g/mol. The Morgan fingerprint density at radius 2 is 1.92 bits per heavy atom. The lowest BCUT2D eigenvalue weighted by molar-refractivity contribution is -0.658. The van der Waals surface area contributed by atoms with Crippen LogP contribution < -0.4 is 15.9 Å². The third kappa shape index (κ3) is 2.56. The van der Waals surface area contributed by atoms with Gasteiger partial charge in [0.15, 0.2) is 0 Å². The Balaban J connectivity index is 1.96. The number of pyridine rings is 2. The van der Waals surface area contributed by atoms with Crippen LogP contribution in [-0.2, 0) is 13.0 Å². The van der Waals surface area contributed by atoms with Crippen molar-refractivity contribution in [2.24, 2.45) is 0 Å². The molecule has 126 valence electrons. The van der Waals surface area contributed by atoms with Crippen LogP contribution in [0.2, 0.25) is 0 Å². The summed E-state index contributed by atoms with van der Waals surface area (Å²) in [5, 5.41) is 9.80. The van der Waals surface area contributed by atoms with E-state index in [-0.39, 0.29) is 11.1 Å². The van der Waals surface area contributed by atoms with E-state index in [1.54, 1.807) is 22.9 Å². The molecule has 0 saturated carbocycles. The number of nitrogens with two attached hydrogens (primary N) is 1. The number of hydrogen-bond acceptors (Lipinski definition) is 4. The van der Waals surface area contributed by atoms with Crippen LogP contribution in [0.5, 0.6) is 0 Å². The van der Waals surface area contributed by atoms with E-state index in [0.717, 1.165) is 12.0 Å². The summed E-state index contributed by atoms with van der Waals surface area (Å²) in [5.74, 6) is 0.322. The number of nitrogens with zero attached hydrogens (tertiary/aromatic N) is 4. The molecule has 0 aliphatic carbocycles. The predicted molar refractivity (Wildman–Crippen MR) is 98.4 cm³/mol. The summed E-state index contributed by atoms with van der Waals surface area (Å²) >= 11 is 0. The fourth-order valence-electron chi connectivity index (χ4n) is 3.10. The zero-order valence-electron chi connectivity index (χ0n) is 14.0. The maximum Gasteiger partial charge on any atom is 0.278 e. The zero-order chi connectivity index (χ0) is 18.1. The van der Waals surface area contributed by atoms with Gasteiger partial charge in [0.25, 0.3) is 11.2 Å². The first-order valence-electron chi connectivity index (χ1n) is 8.26. The topological polar surface area (TPSA) is 88.1 Å². The molecule has 26 heavy (non-hydrogen) atoms. The highest BCUT2D eigenvalue weighted by molar-refractivity contribution is 5.76. The molecule has 0 spiro atoms. The second-order valence-corrected chi connectivity index (χ2v) is 6.03. The van der Waals surface area contributed by atoms with Gasteiger partial charge in [0.2, 0.25) is 11.5 Å². The number of aromatic nitrogens is 3. The normalized spacial score (nSPS) is 10.9. The summed E-state index contributed by atoms with van der Waals surface area (Å²) in [6.07, 6.45) is 2.39. The standard InChI is InChI=1S/C20H15N5O/c21-13-15-12-16-19(23-17-8-4-5-10-24(17)20(16)26)25(18(15)22)11-9-14-6-2-1-3-7-14/h1-8,10,12,22H,9,11H2/p+1. The van der Waals surface area contributed by atoms with Gasteiger partial charge in [-0.2, -0.15) is 5.26 Å². The molecule has 0 radical (unpaired) electrons. The molecule has 0 aliphatic rings. The van der Waals surface area contributed by atoms with Crippen molar-refractivity contribution in [3.63, 3.8) is 0 Å². The van der Waals surface area contributed by atoms with Crippen LogP contribution in [0, 0.1) is 11.3 Å². The highest BCUT2D eigenvalue weighted by atomic mass is 16.1. The van der Waals surface area contributed by atoms with Crippen LogP contribution in [0.3, 0.4) is 0 Å². The van der Waals surface area contributed by atoms with Gasteiger partial charge in [-0.3, -0.25) is 9.20 Å². The fourth-order valence-corrected chi connectivity index (χ4v) is 3.10. The Morgan fingerprint density at radius 3 is 2.69 bits per heavy atom. The lowest BCUT2D eigenvalue weighted by Gasteiger charge is -2.09. The van der Waals surface area contributed by atoms with E-state index in [2.05, 4.69) is 11.1 Å². The predicted octanol–water partition coefficient (Wildman–Crippen LogP) is 1.83. The van der Waals surface area contributed by atoms with Gasteiger partial charge in [-0.05, 0) is 23.8 Å². The first kappa shape index (κ1) is 15.8. The smallest absolute Gasteiger partial charge is 0.278 e. The number of anilines is 1. The van der Waals surface area contributed by atoms with Crippen molar-refractivity contribution in [1.82, 2.24) is 9.38 Å². The van der Waals surface area contributed by atoms with Crippen molar-refractivity contribution in [3.05, 3.63) is 82.3 Å². The van der Waals surface area contributed by atoms with E-state index in [9.17, 15) is 10.1 Å². The molecule has 3 heterocycles. The lowest BCUT2D eigenvalue weighted by Crippen LogP contribution is -2.42. The Labute approximate surface area is 149 Å². The molecule has 0 atom stereocenters. The van der Waals surface area contributed by atoms with Crippen molar-refractivity contribution in [1.29, 1.82) is 5.26 Å². The zero-order valence-corrected chi connectivity index (χ0v) is 14.0. The minimum atomic E-state index is -0.212. The summed E-state index contributed by atoms with van der Waals surface area (Å²) in [6, 6.07) is 19.0. The van der Waals surface area contributed by atoms with E-state index < -0.39 is 0 Å². The third-order valence-corrected chi connectivity index (χ3v) is 4.45. The molecule has 0 saturated heterocycles. The van der Waals surface area contributed by atoms with Crippen molar-refractivity contribution in [2.45, 2.75) is 13.0 Å². The molecule has 0 fully saturated rings. The minimum Gasteiger partial charge on any atom is -0.317 e. The minimum absolute atomic E-state index is 0.212. The molecule has 0 aliphatic heterocycles. The summed E-state index contributed by atoms with van der Waals surface area (Å²) in [4.78, 5) is 17.5. The molecule has 6 heteroatoms. The summed E-state index contributed by atoms with van der Waals surface area (Å²) in [7, 11) is 0. The van der Waals surface area contributed by atoms with Crippen molar-refractivity contribution in [3.8, 4) is 6.07 Å². The fraction of sp³-hybridized carbons (Fsp3) is 0.100. The molecule has 0 unspecified atom stereocenters. The van der Waals surface area contributed by atoms with Crippen LogP contribution in [-0.4, -0.2) is 9.38 Å². The van der Waals surface area contributed by atoms with Gasteiger partial charge >= 0.3 is 0 Å². The molecule has 3 aromatic heterocycles. The molecule has 4 rings (SSSR count). The van der Waals surface area contributed by atoms with E-state index in [4.69, 9.17) is 5.73 Å². The second kappa shape index (κ2) is 6.30. The number of benzene rings is 1. The molecule has 0 bridgehead atoms. The monoisotopic (exact) mass is 342 g/mol. The number of hydrogen-bond donors (Lipinski definition) is 1. The average Bonchev–Trinajstić information content (AvgIpc) is 2.68. The van der Waals surface area contributed by atoms with Gasteiger partial charge in [0.1, 0.15) is 17.0 Å². The van der Waals surface area contributed by atoms with E-state index >= 15 is 0 Å². The van der Waals surface area contributed by atoms with Gasteiger partial charge in [0.05, 0.1) is 6.54 Å². The Hall–Kier alpha value is -3.72. The highest BCUT2D eigenvalue weighted by Gasteiger charge is 2.20. The molecule has 2 N–H and O–H groups in total. The first-order valence-corrected chi connectivity index (χ1v) is 8.26. The molecule has 6 nitrogen and oxygen atoms in total. The Kier molecular flexibility index (Phi) is 3.82. The number of fused-ring (bicyclic) bond motifs is 2. The number of nitriles is 1. The largest absolute Gasteiger partial charge is 0.317 e. The lowest BCUT2D eigenvalue weighted by atomic mass is 10.1. The van der Waals surface area contributed by atoms with Gasteiger partial charge < -0.3 is 5.73 Å². The molecular formula is C20H16N5O+. The quantitative estimate of drug-likeness (QED) is 0.454. The third-order valence-electron chi connectivity index (χ3n) is 4.45. The number of rotatable bonds is 3. The second-order valence-electron chi connectivity index (χ2n) is 6.03. The van der Waals surface area contributed by atoms with Gasteiger partial charge in [-0.1, -0.05) is 41.4 Å². The van der Waals surface area contributed by atoms with Crippen molar-refractivity contribution < 1.29 is 4.57 Å². The molecule has 0 amide bonds. The maximum atomic E-state index is 12.9. The van der Waals surface area contributed by atoms with Crippen LogP contribution >= 0.6 is 0 Å². The van der Waals surface area contributed by atoms with Crippen molar-refractivity contribution in [2.75, 3.05) is 5.73 Å². The SMILES string of the molecule is N#Cc1cc2c(=O)n3ccccc3nc2[n+](CCc2ccccc2)c1N. The summed E-state index contributed by atoms with van der Waals surface area (Å²) in [5.41, 5.74) is 8.46. The summed E-state index contributed by atoms with van der Waals surface area (Å²) in [6.45, 7) is 0.525.